The Hall–Kier alpha value is -3.92. The maximum atomic E-state index is 12.3. The molecule has 0 bridgehead atoms. The maximum Gasteiger partial charge on any atom is 0.334 e. The first-order valence-electron chi connectivity index (χ1n) is 9.38. The molecular weight excluding hydrogens is 360 g/mol. The Labute approximate surface area is 169 Å². The van der Waals surface area contributed by atoms with Crippen LogP contribution >= 0.6 is 0 Å². The summed E-state index contributed by atoms with van der Waals surface area (Å²) < 4.78 is 5.37. The predicted molar refractivity (Wildman–Crippen MR) is 115 cm³/mol. The molecule has 0 unspecified atom stereocenters. The van der Waals surface area contributed by atoms with Gasteiger partial charge in [0.15, 0.2) is 0 Å². The first kappa shape index (κ1) is 18.4. The van der Waals surface area contributed by atoms with Crippen molar-refractivity contribution in [3.05, 3.63) is 126 Å². The van der Waals surface area contributed by atoms with Gasteiger partial charge in [0.25, 0.3) is 0 Å². The van der Waals surface area contributed by atoms with Gasteiger partial charge in [-0.3, -0.25) is 0 Å². The Morgan fingerprint density at radius 1 is 0.828 bits per heavy atom. The lowest BCUT2D eigenvalue weighted by molar-refractivity contribution is -0.139. The minimum absolute atomic E-state index is 0.222. The average molecular weight is 380 g/mol. The lowest BCUT2D eigenvalue weighted by Gasteiger charge is -2.18. The van der Waals surface area contributed by atoms with Crippen LogP contribution in [0.15, 0.2) is 114 Å². The largest absolute Gasteiger partial charge is 0.458 e. The quantitative estimate of drug-likeness (QED) is 0.515. The van der Waals surface area contributed by atoms with Gasteiger partial charge in [-0.25, -0.2) is 9.79 Å². The zero-order valence-corrected chi connectivity index (χ0v) is 15.8. The summed E-state index contributed by atoms with van der Waals surface area (Å²) in [5, 5.41) is 3.23. The van der Waals surface area contributed by atoms with Gasteiger partial charge in [0.05, 0.1) is 11.8 Å². The lowest BCUT2D eigenvalue weighted by Crippen LogP contribution is -2.20. The number of aliphatic imine (C=N–C) groups is 1. The van der Waals surface area contributed by atoms with Gasteiger partial charge in [-0.2, -0.15) is 0 Å². The van der Waals surface area contributed by atoms with Gasteiger partial charge in [-0.1, -0.05) is 91.0 Å². The summed E-state index contributed by atoms with van der Waals surface area (Å²) in [5.41, 5.74) is 4.59. The van der Waals surface area contributed by atoms with Gasteiger partial charge in [0.2, 0.25) is 0 Å². The highest BCUT2D eigenvalue weighted by Gasteiger charge is 2.14. The SMILES string of the molecule is O=C(C=C1N=C(c2ccccc2)C=C(c2ccccc2)N1)OCc1ccccc1. The topological polar surface area (TPSA) is 50.7 Å². The molecule has 3 aromatic rings. The molecule has 0 aromatic heterocycles. The molecule has 4 rings (SSSR count). The minimum atomic E-state index is -0.443. The summed E-state index contributed by atoms with van der Waals surface area (Å²) in [6.45, 7) is 0.222. The highest BCUT2D eigenvalue weighted by molar-refractivity contribution is 6.13. The number of benzene rings is 3. The van der Waals surface area contributed by atoms with Gasteiger partial charge in [-0.05, 0) is 17.2 Å². The van der Waals surface area contributed by atoms with E-state index in [0.29, 0.717) is 5.82 Å². The van der Waals surface area contributed by atoms with E-state index >= 15 is 0 Å². The fraction of sp³-hybridized carbons (Fsp3) is 0.0400. The molecule has 1 aliphatic heterocycles. The Balaban J connectivity index is 1.59. The van der Waals surface area contributed by atoms with E-state index in [1.807, 2.05) is 97.1 Å². The standard InChI is InChI=1S/C25H20N2O2/c28-25(29-18-19-10-4-1-5-11-19)17-24-26-22(20-12-6-2-7-13-20)16-23(27-24)21-14-8-3-9-15-21/h1-17,26H,18H2. The molecule has 4 nitrogen and oxygen atoms in total. The molecular formula is C25H20N2O2. The van der Waals surface area contributed by atoms with Crippen LogP contribution in [-0.2, 0) is 16.1 Å². The summed E-state index contributed by atoms with van der Waals surface area (Å²) in [6, 6.07) is 29.4. The molecule has 0 amide bonds. The Bertz CT molecular complexity index is 1070. The minimum Gasteiger partial charge on any atom is -0.458 e. The van der Waals surface area contributed by atoms with Crippen LogP contribution in [0.1, 0.15) is 16.7 Å². The molecule has 0 aliphatic carbocycles. The highest BCUT2D eigenvalue weighted by atomic mass is 16.5. The number of nitrogens with zero attached hydrogens (tertiary/aromatic N) is 1. The van der Waals surface area contributed by atoms with Crippen LogP contribution in [0.25, 0.3) is 5.70 Å². The van der Waals surface area contributed by atoms with Crippen LogP contribution in [-0.4, -0.2) is 11.7 Å². The van der Waals surface area contributed by atoms with Crippen molar-refractivity contribution >= 4 is 17.4 Å². The zero-order valence-electron chi connectivity index (χ0n) is 15.8. The average Bonchev–Trinajstić information content (AvgIpc) is 2.79. The van der Waals surface area contributed by atoms with E-state index in [4.69, 9.17) is 4.74 Å². The van der Waals surface area contributed by atoms with Crippen LogP contribution in [0, 0.1) is 0 Å². The lowest BCUT2D eigenvalue weighted by atomic mass is 10.0. The fourth-order valence-corrected chi connectivity index (χ4v) is 2.98. The maximum absolute atomic E-state index is 12.3. The first-order valence-corrected chi connectivity index (χ1v) is 9.38. The molecule has 0 spiro atoms. The van der Waals surface area contributed by atoms with Gasteiger partial charge in [0, 0.05) is 11.3 Å². The third-order valence-electron chi connectivity index (χ3n) is 4.42. The molecule has 1 N–H and O–H groups in total. The Kier molecular flexibility index (Phi) is 5.63. The van der Waals surface area contributed by atoms with E-state index in [0.717, 1.165) is 28.1 Å². The Morgan fingerprint density at radius 3 is 2.07 bits per heavy atom. The second-order valence-corrected chi connectivity index (χ2v) is 6.53. The summed E-state index contributed by atoms with van der Waals surface area (Å²) >= 11 is 0. The number of nitrogens with one attached hydrogen (secondary N) is 1. The smallest absolute Gasteiger partial charge is 0.334 e. The van der Waals surface area contributed by atoms with Gasteiger partial charge >= 0.3 is 5.97 Å². The number of allylic oxidation sites excluding steroid dienone is 1. The highest BCUT2D eigenvalue weighted by Crippen LogP contribution is 2.20. The molecule has 142 valence electrons. The molecule has 1 aliphatic rings. The van der Waals surface area contributed by atoms with Crippen LogP contribution < -0.4 is 5.32 Å². The third-order valence-corrected chi connectivity index (χ3v) is 4.42. The van der Waals surface area contributed by atoms with E-state index < -0.39 is 5.97 Å². The van der Waals surface area contributed by atoms with Crippen LogP contribution in [0.3, 0.4) is 0 Å². The number of carbonyl (C=O) groups is 1. The fourth-order valence-electron chi connectivity index (χ4n) is 2.98. The van der Waals surface area contributed by atoms with E-state index in [2.05, 4.69) is 10.3 Å². The van der Waals surface area contributed by atoms with Crippen molar-refractivity contribution in [1.82, 2.24) is 5.32 Å². The monoisotopic (exact) mass is 380 g/mol. The summed E-state index contributed by atoms with van der Waals surface area (Å²) in [7, 11) is 0. The Morgan fingerprint density at radius 2 is 1.41 bits per heavy atom. The van der Waals surface area contributed by atoms with Crippen molar-refractivity contribution in [3.8, 4) is 0 Å². The van der Waals surface area contributed by atoms with E-state index in [9.17, 15) is 4.79 Å². The molecule has 4 heteroatoms. The van der Waals surface area contributed by atoms with Crippen LogP contribution in [0.5, 0.6) is 0 Å². The van der Waals surface area contributed by atoms with Crippen LogP contribution in [0.4, 0.5) is 0 Å². The molecule has 1 heterocycles. The number of ether oxygens (including phenoxy) is 1. The number of hydrogen-bond donors (Lipinski definition) is 1. The zero-order chi connectivity index (χ0) is 19.9. The summed E-state index contributed by atoms with van der Waals surface area (Å²) in [6.07, 6.45) is 3.37. The normalized spacial score (nSPS) is 14.6. The molecule has 0 atom stereocenters. The summed E-state index contributed by atoms with van der Waals surface area (Å²) in [4.78, 5) is 17.0. The van der Waals surface area contributed by atoms with Gasteiger partial charge in [0.1, 0.15) is 12.4 Å². The second kappa shape index (κ2) is 8.85. The van der Waals surface area contributed by atoms with Crippen molar-refractivity contribution in [1.29, 1.82) is 0 Å². The summed E-state index contributed by atoms with van der Waals surface area (Å²) in [5.74, 6) is 0.00472. The molecule has 0 saturated carbocycles. The molecule has 3 aromatic carbocycles. The van der Waals surface area contributed by atoms with Gasteiger partial charge in [-0.15, -0.1) is 0 Å². The number of rotatable bonds is 5. The molecule has 0 saturated heterocycles. The van der Waals surface area contributed by atoms with Crippen molar-refractivity contribution in [2.45, 2.75) is 6.61 Å². The number of carbonyl (C=O) groups excluding carboxylic acids is 1. The number of hydrogen-bond acceptors (Lipinski definition) is 4. The third kappa shape index (κ3) is 4.87. The first-order chi connectivity index (χ1) is 14.3. The van der Waals surface area contributed by atoms with E-state index in [-0.39, 0.29) is 6.61 Å². The molecule has 29 heavy (non-hydrogen) atoms. The number of esters is 1. The van der Waals surface area contributed by atoms with Crippen molar-refractivity contribution in [3.63, 3.8) is 0 Å². The van der Waals surface area contributed by atoms with Crippen molar-refractivity contribution in [2.24, 2.45) is 4.99 Å². The molecule has 0 radical (unpaired) electrons. The predicted octanol–water partition coefficient (Wildman–Crippen LogP) is 4.70. The van der Waals surface area contributed by atoms with Crippen molar-refractivity contribution in [2.75, 3.05) is 0 Å². The van der Waals surface area contributed by atoms with Crippen molar-refractivity contribution < 1.29 is 9.53 Å². The van der Waals surface area contributed by atoms with E-state index in [1.54, 1.807) is 0 Å². The van der Waals surface area contributed by atoms with E-state index in [1.165, 1.54) is 6.08 Å². The second-order valence-electron chi connectivity index (χ2n) is 6.53. The molecule has 0 fully saturated rings. The van der Waals surface area contributed by atoms with Gasteiger partial charge < -0.3 is 10.1 Å². The van der Waals surface area contributed by atoms with Crippen LogP contribution in [0.2, 0.25) is 0 Å².